The first-order valence-corrected chi connectivity index (χ1v) is 7.08. The Morgan fingerprint density at radius 2 is 1.86 bits per heavy atom. The van der Waals surface area contributed by atoms with Gasteiger partial charge in [-0.2, -0.15) is 0 Å². The standard InChI is InChI=1S/C15H12BrNO4/c16-12-6-14-13(20-8-21-14)5-10(12)7-17-11-3-1-9(2-4-11)15(18)19/h1-6,17H,7-8H2,(H,18,19). The molecule has 2 aromatic rings. The van der Waals surface area contributed by atoms with Gasteiger partial charge in [0.15, 0.2) is 11.5 Å². The fraction of sp³-hybridized carbons (Fsp3) is 0.133. The molecular formula is C15H12BrNO4. The highest BCUT2D eigenvalue weighted by molar-refractivity contribution is 9.10. The van der Waals surface area contributed by atoms with Gasteiger partial charge in [0.2, 0.25) is 6.79 Å². The van der Waals surface area contributed by atoms with Crippen molar-refractivity contribution in [3.05, 3.63) is 52.0 Å². The van der Waals surface area contributed by atoms with Crippen LogP contribution in [0.4, 0.5) is 5.69 Å². The van der Waals surface area contributed by atoms with Crippen molar-refractivity contribution in [1.29, 1.82) is 0 Å². The van der Waals surface area contributed by atoms with Crippen molar-refractivity contribution in [3.63, 3.8) is 0 Å². The first-order chi connectivity index (χ1) is 10.1. The van der Waals surface area contributed by atoms with Gasteiger partial charge in [-0.05, 0) is 42.0 Å². The van der Waals surface area contributed by atoms with Crippen LogP contribution in [0.2, 0.25) is 0 Å². The third-order valence-corrected chi connectivity index (χ3v) is 3.89. The Kier molecular flexibility index (Phi) is 3.70. The van der Waals surface area contributed by atoms with Gasteiger partial charge >= 0.3 is 5.97 Å². The fourth-order valence-corrected chi connectivity index (χ4v) is 2.49. The van der Waals surface area contributed by atoms with Crippen molar-refractivity contribution in [3.8, 4) is 11.5 Å². The second kappa shape index (κ2) is 5.65. The number of hydrogen-bond donors (Lipinski definition) is 2. The zero-order chi connectivity index (χ0) is 14.8. The van der Waals surface area contributed by atoms with Gasteiger partial charge in [-0.1, -0.05) is 15.9 Å². The first kappa shape index (κ1) is 13.8. The van der Waals surface area contributed by atoms with E-state index in [0.717, 1.165) is 27.2 Å². The number of carboxylic acids is 1. The molecule has 0 unspecified atom stereocenters. The number of hydrogen-bond acceptors (Lipinski definition) is 4. The molecule has 1 aliphatic heterocycles. The maximum absolute atomic E-state index is 10.8. The molecule has 2 aromatic carbocycles. The molecule has 0 aliphatic carbocycles. The number of ether oxygens (including phenoxy) is 2. The predicted molar refractivity (Wildman–Crippen MR) is 81.0 cm³/mol. The predicted octanol–water partition coefficient (Wildman–Crippen LogP) is 3.49. The molecule has 6 heteroatoms. The molecule has 5 nitrogen and oxygen atoms in total. The topological polar surface area (TPSA) is 67.8 Å². The molecule has 0 radical (unpaired) electrons. The molecule has 0 atom stereocenters. The molecule has 0 amide bonds. The van der Waals surface area contributed by atoms with Gasteiger partial charge in [-0.3, -0.25) is 0 Å². The molecule has 2 N–H and O–H groups in total. The Morgan fingerprint density at radius 1 is 1.19 bits per heavy atom. The molecule has 0 fully saturated rings. The summed E-state index contributed by atoms with van der Waals surface area (Å²) in [6.07, 6.45) is 0. The Balaban J connectivity index is 1.71. The van der Waals surface area contributed by atoms with Crippen LogP contribution in [0.5, 0.6) is 11.5 Å². The van der Waals surface area contributed by atoms with Gasteiger partial charge in [0, 0.05) is 16.7 Å². The van der Waals surface area contributed by atoms with Crippen LogP contribution in [0.25, 0.3) is 0 Å². The average molecular weight is 350 g/mol. The summed E-state index contributed by atoms with van der Waals surface area (Å²) in [5, 5.41) is 12.1. The van der Waals surface area contributed by atoms with Crippen molar-refractivity contribution >= 4 is 27.6 Å². The van der Waals surface area contributed by atoms with Crippen molar-refractivity contribution < 1.29 is 19.4 Å². The summed E-state index contributed by atoms with van der Waals surface area (Å²) in [4.78, 5) is 10.8. The summed E-state index contributed by atoms with van der Waals surface area (Å²) in [5.74, 6) is 0.535. The summed E-state index contributed by atoms with van der Waals surface area (Å²) in [5.41, 5.74) is 2.15. The smallest absolute Gasteiger partial charge is 0.335 e. The van der Waals surface area contributed by atoms with Gasteiger partial charge in [0.25, 0.3) is 0 Å². The fourth-order valence-electron chi connectivity index (χ4n) is 2.02. The molecule has 3 rings (SSSR count). The van der Waals surface area contributed by atoms with Gasteiger partial charge in [0.1, 0.15) is 0 Å². The zero-order valence-corrected chi connectivity index (χ0v) is 12.5. The Hall–Kier alpha value is -2.21. The van der Waals surface area contributed by atoms with E-state index in [9.17, 15) is 4.79 Å². The molecule has 0 aromatic heterocycles. The van der Waals surface area contributed by atoms with E-state index in [2.05, 4.69) is 21.2 Å². The lowest BCUT2D eigenvalue weighted by Crippen LogP contribution is -2.01. The van der Waals surface area contributed by atoms with Crippen LogP contribution in [0.1, 0.15) is 15.9 Å². The molecule has 0 spiro atoms. The van der Waals surface area contributed by atoms with E-state index in [1.54, 1.807) is 24.3 Å². The lowest BCUT2D eigenvalue weighted by atomic mass is 10.2. The second-order valence-electron chi connectivity index (χ2n) is 4.53. The highest BCUT2D eigenvalue weighted by atomic mass is 79.9. The Morgan fingerprint density at radius 3 is 2.52 bits per heavy atom. The average Bonchev–Trinajstić information content (AvgIpc) is 2.92. The summed E-state index contributed by atoms with van der Waals surface area (Å²) in [6, 6.07) is 10.4. The molecule has 1 heterocycles. The van der Waals surface area contributed by atoms with Crippen LogP contribution < -0.4 is 14.8 Å². The van der Waals surface area contributed by atoms with E-state index in [-0.39, 0.29) is 12.4 Å². The number of benzene rings is 2. The zero-order valence-electron chi connectivity index (χ0n) is 10.9. The van der Waals surface area contributed by atoms with E-state index >= 15 is 0 Å². The molecule has 108 valence electrons. The maximum Gasteiger partial charge on any atom is 0.335 e. The Labute approximate surface area is 129 Å². The lowest BCUT2D eigenvalue weighted by Gasteiger charge is -2.09. The first-order valence-electron chi connectivity index (χ1n) is 6.29. The van der Waals surface area contributed by atoms with E-state index in [1.807, 2.05) is 12.1 Å². The van der Waals surface area contributed by atoms with Crippen molar-refractivity contribution in [2.45, 2.75) is 6.54 Å². The van der Waals surface area contributed by atoms with Crippen LogP contribution in [-0.2, 0) is 6.54 Å². The van der Waals surface area contributed by atoms with Crippen LogP contribution in [0.3, 0.4) is 0 Å². The van der Waals surface area contributed by atoms with Gasteiger partial charge in [-0.15, -0.1) is 0 Å². The number of nitrogens with one attached hydrogen (secondary N) is 1. The molecule has 0 saturated carbocycles. The number of aromatic carboxylic acids is 1. The number of anilines is 1. The molecule has 21 heavy (non-hydrogen) atoms. The van der Waals surface area contributed by atoms with E-state index in [1.165, 1.54) is 0 Å². The summed E-state index contributed by atoms with van der Waals surface area (Å²) >= 11 is 3.50. The number of fused-ring (bicyclic) bond motifs is 1. The number of rotatable bonds is 4. The lowest BCUT2D eigenvalue weighted by molar-refractivity contribution is 0.0697. The minimum atomic E-state index is -0.930. The highest BCUT2D eigenvalue weighted by Crippen LogP contribution is 2.37. The van der Waals surface area contributed by atoms with E-state index in [4.69, 9.17) is 14.6 Å². The molecule has 0 bridgehead atoms. The molecular weight excluding hydrogens is 338 g/mol. The summed E-state index contributed by atoms with van der Waals surface area (Å²) in [7, 11) is 0. The van der Waals surface area contributed by atoms with Crippen LogP contribution in [-0.4, -0.2) is 17.9 Å². The number of carboxylic acid groups (broad SMARTS) is 1. The summed E-state index contributed by atoms with van der Waals surface area (Å²) < 4.78 is 11.6. The third-order valence-electron chi connectivity index (χ3n) is 3.16. The Bertz CT molecular complexity index is 685. The van der Waals surface area contributed by atoms with Crippen molar-refractivity contribution in [2.75, 3.05) is 12.1 Å². The van der Waals surface area contributed by atoms with Crippen molar-refractivity contribution in [1.82, 2.24) is 0 Å². The van der Waals surface area contributed by atoms with Crippen LogP contribution in [0.15, 0.2) is 40.9 Å². The third kappa shape index (κ3) is 2.95. The minimum absolute atomic E-state index is 0.245. The SMILES string of the molecule is O=C(O)c1ccc(NCc2cc3c(cc2Br)OCO3)cc1. The molecule has 1 aliphatic rings. The molecule has 0 saturated heterocycles. The minimum Gasteiger partial charge on any atom is -0.478 e. The highest BCUT2D eigenvalue weighted by Gasteiger charge is 2.16. The monoisotopic (exact) mass is 349 g/mol. The second-order valence-corrected chi connectivity index (χ2v) is 5.39. The van der Waals surface area contributed by atoms with Crippen molar-refractivity contribution in [2.24, 2.45) is 0 Å². The van der Waals surface area contributed by atoms with Gasteiger partial charge in [0.05, 0.1) is 5.56 Å². The van der Waals surface area contributed by atoms with Crippen LogP contribution in [0, 0.1) is 0 Å². The number of carbonyl (C=O) groups is 1. The normalized spacial score (nSPS) is 12.2. The van der Waals surface area contributed by atoms with E-state index in [0.29, 0.717) is 6.54 Å². The summed E-state index contributed by atoms with van der Waals surface area (Å²) in [6.45, 7) is 0.832. The van der Waals surface area contributed by atoms with Gasteiger partial charge < -0.3 is 19.9 Å². The maximum atomic E-state index is 10.8. The number of halogens is 1. The van der Waals surface area contributed by atoms with Gasteiger partial charge in [-0.25, -0.2) is 4.79 Å². The largest absolute Gasteiger partial charge is 0.478 e. The van der Waals surface area contributed by atoms with E-state index < -0.39 is 5.97 Å². The quantitative estimate of drug-likeness (QED) is 0.884. The van der Waals surface area contributed by atoms with Crippen LogP contribution >= 0.6 is 15.9 Å².